The number of rotatable bonds is 6. The smallest absolute Gasteiger partial charge is 0.274 e. The van der Waals surface area contributed by atoms with Crippen LogP contribution in [0.2, 0.25) is 0 Å². The number of hydrogen-bond donors (Lipinski definition) is 0. The van der Waals surface area contributed by atoms with Crippen LogP contribution in [0.1, 0.15) is 13.3 Å². The highest BCUT2D eigenvalue weighted by molar-refractivity contribution is 7.94. The molecule has 0 bridgehead atoms. The van der Waals surface area contributed by atoms with Crippen LogP contribution in [0.15, 0.2) is 35.1 Å². The molecule has 0 aliphatic carbocycles. The molecule has 1 aromatic rings. The van der Waals surface area contributed by atoms with Gasteiger partial charge in [-0.25, -0.2) is 8.42 Å². The second-order valence-corrected chi connectivity index (χ2v) is 5.37. The summed E-state index contributed by atoms with van der Waals surface area (Å²) in [6, 6.07) is 3.42. The largest absolute Gasteiger partial charge is 0.493 e. The molecule has 1 aromatic carbocycles. The van der Waals surface area contributed by atoms with E-state index in [-0.39, 0.29) is 16.3 Å². The summed E-state index contributed by atoms with van der Waals surface area (Å²) in [7, 11) is -3.72. The first-order valence-electron chi connectivity index (χ1n) is 5.20. The molecule has 98 valence electrons. The van der Waals surface area contributed by atoms with E-state index in [0.29, 0.717) is 13.0 Å². The van der Waals surface area contributed by atoms with Crippen LogP contribution in [0.25, 0.3) is 0 Å². The predicted octanol–water partition coefficient (Wildman–Crippen LogP) is 2.30. The van der Waals surface area contributed by atoms with E-state index in [4.69, 9.17) is 4.74 Å². The average Bonchev–Trinajstić information content (AvgIpc) is 2.35. The molecule has 0 aliphatic rings. The predicted molar refractivity (Wildman–Crippen MR) is 66.3 cm³/mol. The summed E-state index contributed by atoms with van der Waals surface area (Å²) < 4.78 is 28.4. The number of ether oxygens (including phenoxy) is 1. The van der Waals surface area contributed by atoms with Crippen LogP contribution in [0.5, 0.6) is 5.75 Å². The van der Waals surface area contributed by atoms with Crippen molar-refractivity contribution in [3.8, 4) is 5.75 Å². The van der Waals surface area contributed by atoms with Crippen LogP contribution in [-0.2, 0) is 9.84 Å². The molecule has 7 heteroatoms. The maximum absolute atomic E-state index is 11.6. The Kier molecular flexibility index (Phi) is 4.43. The maximum atomic E-state index is 11.6. The van der Waals surface area contributed by atoms with Crippen molar-refractivity contribution >= 4 is 15.5 Å². The van der Waals surface area contributed by atoms with Crippen LogP contribution in [0.4, 0.5) is 5.69 Å². The van der Waals surface area contributed by atoms with Gasteiger partial charge in [-0.2, -0.15) is 0 Å². The lowest BCUT2D eigenvalue weighted by Crippen LogP contribution is -2.01. The fourth-order valence-corrected chi connectivity index (χ4v) is 1.98. The molecule has 0 heterocycles. The number of sulfone groups is 1. The fraction of sp³-hybridized carbons (Fsp3) is 0.273. The van der Waals surface area contributed by atoms with Gasteiger partial charge in [0.25, 0.3) is 5.69 Å². The Hall–Kier alpha value is -1.89. The number of benzene rings is 1. The first kappa shape index (κ1) is 14.2. The van der Waals surface area contributed by atoms with Crippen LogP contribution < -0.4 is 4.74 Å². The van der Waals surface area contributed by atoms with Crippen molar-refractivity contribution in [1.29, 1.82) is 0 Å². The van der Waals surface area contributed by atoms with Gasteiger partial charge in [0, 0.05) is 11.5 Å². The van der Waals surface area contributed by atoms with Crippen molar-refractivity contribution in [2.45, 2.75) is 18.2 Å². The van der Waals surface area contributed by atoms with Gasteiger partial charge in [0.2, 0.25) is 0 Å². The lowest BCUT2D eigenvalue weighted by Gasteiger charge is -2.06. The van der Waals surface area contributed by atoms with Gasteiger partial charge >= 0.3 is 0 Å². The van der Waals surface area contributed by atoms with Gasteiger partial charge in [-0.15, -0.1) is 0 Å². The molecule has 0 aromatic heterocycles. The Morgan fingerprint density at radius 2 is 2.11 bits per heavy atom. The van der Waals surface area contributed by atoms with Gasteiger partial charge < -0.3 is 4.74 Å². The summed E-state index contributed by atoms with van der Waals surface area (Å²) in [5.74, 6) is 0.159. The third-order valence-corrected chi connectivity index (χ3v) is 3.43. The summed E-state index contributed by atoms with van der Waals surface area (Å²) in [5.41, 5.74) is -0.330. The molecule has 0 atom stereocenters. The molecular formula is C11H13NO5S. The quantitative estimate of drug-likeness (QED) is 0.585. The lowest BCUT2D eigenvalue weighted by molar-refractivity contribution is -0.385. The molecule has 0 amide bonds. The van der Waals surface area contributed by atoms with Crippen LogP contribution >= 0.6 is 0 Å². The summed E-state index contributed by atoms with van der Waals surface area (Å²) in [6.07, 6.45) is 0.715. The highest BCUT2D eigenvalue weighted by Crippen LogP contribution is 2.26. The number of hydrogen-bond acceptors (Lipinski definition) is 5. The summed E-state index contributed by atoms with van der Waals surface area (Å²) in [4.78, 5) is 9.86. The van der Waals surface area contributed by atoms with Crippen molar-refractivity contribution in [2.75, 3.05) is 6.61 Å². The first-order chi connectivity index (χ1) is 8.40. The number of nitro groups is 1. The Labute approximate surface area is 105 Å². The third kappa shape index (κ3) is 3.30. The van der Waals surface area contributed by atoms with Gasteiger partial charge in [-0.3, -0.25) is 10.1 Å². The molecule has 0 saturated heterocycles. The van der Waals surface area contributed by atoms with E-state index in [9.17, 15) is 18.5 Å². The summed E-state index contributed by atoms with van der Waals surface area (Å²) in [5, 5.41) is 11.5. The molecule has 18 heavy (non-hydrogen) atoms. The fourth-order valence-electron chi connectivity index (χ4n) is 1.23. The van der Waals surface area contributed by atoms with Crippen LogP contribution in [0.3, 0.4) is 0 Å². The van der Waals surface area contributed by atoms with Crippen molar-refractivity contribution in [2.24, 2.45) is 0 Å². The molecule has 1 rings (SSSR count). The Morgan fingerprint density at radius 3 is 2.61 bits per heavy atom. The van der Waals surface area contributed by atoms with Gasteiger partial charge in [0.05, 0.1) is 22.5 Å². The van der Waals surface area contributed by atoms with E-state index < -0.39 is 14.8 Å². The minimum atomic E-state index is -3.72. The third-order valence-electron chi connectivity index (χ3n) is 2.10. The van der Waals surface area contributed by atoms with E-state index in [1.54, 1.807) is 0 Å². The number of nitrogens with zero attached hydrogens (tertiary/aromatic N) is 1. The topological polar surface area (TPSA) is 86.5 Å². The first-order valence-corrected chi connectivity index (χ1v) is 6.75. The summed E-state index contributed by atoms with van der Waals surface area (Å²) >= 11 is 0. The molecule has 6 nitrogen and oxygen atoms in total. The zero-order valence-corrected chi connectivity index (χ0v) is 10.6. The van der Waals surface area contributed by atoms with Gasteiger partial charge in [0.1, 0.15) is 5.75 Å². The Bertz CT molecular complexity index is 565. The summed E-state index contributed by atoms with van der Waals surface area (Å²) in [6.45, 7) is 5.41. The van der Waals surface area contributed by atoms with E-state index in [2.05, 4.69) is 6.58 Å². The molecule has 0 aliphatic heterocycles. The van der Waals surface area contributed by atoms with Gasteiger partial charge in [-0.05, 0) is 12.5 Å². The Morgan fingerprint density at radius 1 is 1.44 bits per heavy atom. The maximum Gasteiger partial charge on any atom is 0.274 e. The molecule has 0 N–H and O–H groups in total. The molecular weight excluding hydrogens is 258 g/mol. The second-order valence-electron chi connectivity index (χ2n) is 3.48. The van der Waals surface area contributed by atoms with Crippen molar-refractivity contribution in [3.63, 3.8) is 0 Å². The lowest BCUT2D eigenvalue weighted by atomic mass is 10.3. The van der Waals surface area contributed by atoms with Crippen LogP contribution in [0, 0.1) is 10.1 Å². The van der Waals surface area contributed by atoms with Crippen LogP contribution in [-0.4, -0.2) is 19.9 Å². The average molecular weight is 271 g/mol. The van der Waals surface area contributed by atoms with Crippen molar-refractivity contribution < 1.29 is 18.1 Å². The van der Waals surface area contributed by atoms with E-state index in [1.165, 1.54) is 12.1 Å². The normalized spacial score (nSPS) is 10.9. The van der Waals surface area contributed by atoms with E-state index in [1.807, 2.05) is 6.92 Å². The number of nitro benzene ring substituents is 1. The SMILES string of the molecule is C=CS(=O)(=O)c1cc(OCCC)cc([N+](=O)[O-])c1. The zero-order valence-electron chi connectivity index (χ0n) is 9.83. The molecule has 0 fully saturated rings. The highest BCUT2D eigenvalue weighted by Gasteiger charge is 2.17. The Balaban J connectivity index is 3.31. The monoisotopic (exact) mass is 271 g/mol. The molecule has 0 radical (unpaired) electrons. The van der Waals surface area contributed by atoms with Crippen molar-refractivity contribution in [3.05, 3.63) is 40.3 Å². The van der Waals surface area contributed by atoms with Gasteiger partial charge in [0.15, 0.2) is 9.84 Å². The highest BCUT2D eigenvalue weighted by atomic mass is 32.2. The van der Waals surface area contributed by atoms with E-state index >= 15 is 0 Å². The van der Waals surface area contributed by atoms with Crippen molar-refractivity contribution in [1.82, 2.24) is 0 Å². The minimum Gasteiger partial charge on any atom is -0.493 e. The molecule has 0 unspecified atom stereocenters. The van der Waals surface area contributed by atoms with E-state index in [0.717, 1.165) is 11.5 Å². The van der Waals surface area contributed by atoms with Gasteiger partial charge in [-0.1, -0.05) is 13.5 Å². The number of non-ortho nitro benzene ring substituents is 1. The molecule has 0 saturated carbocycles. The second kappa shape index (κ2) is 5.63. The molecule has 0 spiro atoms. The minimum absolute atomic E-state index is 0.159. The standard InChI is InChI=1S/C11H13NO5S/c1-3-5-17-10-6-9(12(13)14)7-11(8-10)18(15,16)4-2/h4,6-8H,2-3,5H2,1H3. The zero-order chi connectivity index (χ0) is 13.8.